The van der Waals surface area contributed by atoms with Crippen molar-refractivity contribution in [3.8, 4) is 5.75 Å². The second-order valence-corrected chi connectivity index (χ2v) is 5.12. The summed E-state index contributed by atoms with van der Waals surface area (Å²) in [6.07, 6.45) is -2.05. The number of benzene rings is 1. The molecule has 0 atom stereocenters. The first-order valence-electron chi connectivity index (χ1n) is 6.43. The monoisotopic (exact) mass is 344 g/mol. The number of halogens is 4. The number of aromatic nitrogens is 1. The van der Waals surface area contributed by atoms with Crippen LogP contribution in [0.4, 0.5) is 18.9 Å². The fourth-order valence-corrected chi connectivity index (χ4v) is 2.10. The van der Waals surface area contributed by atoms with Crippen molar-refractivity contribution in [2.24, 2.45) is 4.99 Å². The standard InChI is InChI=1S/C15H12ClF3N2O2/c1-8-14(23)11(9(7-22)5-20-8)6-21-10-2-3-13(16)12(4-10)15(17,18)19/h2-6,22-23H,7H2,1H3. The van der Waals surface area contributed by atoms with Crippen LogP contribution in [-0.4, -0.2) is 21.4 Å². The van der Waals surface area contributed by atoms with Crippen molar-refractivity contribution in [1.29, 1.82) is 0 Å². The molecule has 0 saturated carbocycles. The van der Waals surface area contributed by atoms with Gasteiger partial charge in [0.15, 0.2) is 0 Å². The Morgan fingerprint density at radius 3 is 2.65 bits per heavy atom. The third-order valence-electron chi connectivity index (χ3n) is 3.13. The molecule has 1 aromatic heterocycles. The second kappa shape index (κ2) is 6.55. The van der Waals surface area contributed by atoms with E-state index in [0.717, 1.165) is 12.1 Å². The van der Waals surface area contributed by atoms with Gasteiger partial charge in [0.25, 0.3) is 0 Å². The first kappa shape index (κ1) is 17.2. The largest absolute Gasteiger partial charge is 0.505 e. The highest BCUT2D eigenvalue weighted by Gasteiger charge is 2.33. The van der Waals surface area contributed by atoms with Gasteiger partial charge < -0.3 is 10.2 Å². The van der Waals surface area contributed by atoms with Crippen LogP contribution < -0.4 is 0 Å². The Labute approximate surface area is 134 Å². The van der Waals surface area contributed by atoms with E-state index in [2.05, 4.69) is 9.98 Å². The van der Waals surface area contributed by atoms with Gasteiger partial charge in [0.05, 0.1) is 28.6 Å². The van der Waals surface area contributed by atoms with Gasteiger partial charge in [-0.25, -0.2) is 0 Å². The lowest BCUT2D eigenvalue weighted by molar-refractivity contribution is -0.137. The lowest BCUT2D eigenvalue weighted by Crippen LogP contribution is -2.05. The summed E-state index contributed by atoms with van der Waals surface area (Å²) < 4.78 is 38.4. The Morgan fingerprint density at radius 2 is 2.04 bits per heavy atom. The van der Waals surface area contributed by atoms with Gasteiger partial charge in [-0.1, -0.05) is 11.6 Å². The molecule has 0 aliphatic heterocycles. The van der Waals surface area contributed by atoms with Crippen LogP contribution in [0, 0.1) is 6.92 Å². The van der Waals surface area contributed by atoms with Crippen LogP contribution in [-0.2, 0) is 12.8 Å². The number of alkyl halides is 3. The number of aliphatic hydroxyl groups is 1. The maximum atomic E-state index is 12.8. The van der Waals surface area contributed by atoms with E-state index in [0.29, 0.717) is 11.3 Å². The summed E-state index contributed by atoms with van der Waals surface area (Å²) in [5, 5.41) is 18.8. The van der Waals surface area contributed by atoms with Gasteiger partial charge in [0, 0.05) is 23.5 Å². The molecule has 0 aliphatic carbocycles. The van der Waals surface area contributed by atoms with Crippen molar-refractivity contribution in [3.63, 3.8) is 0 Å². The highest BCUT2D eigenvalue weighted by atomic mass is 35.5. The number of pyridine rings is 1. The molecule has 0 aliphatic rings. The van der Waals surface area contributed by atoms with Crippen molar-refractivity contribution >= 4 is 23.5 Å². The highest BCUT2D eigenvalue weighted by Crippen LogP contribution is 2.36. The third-order valence-corrected chi connectivity index (χ3v) is 3.46. The minimum Gasteiger partial charge on any atom is -0.505 e. The lowest BCUT2D eigenvalue weighted by atomic mass is 10.1. The quantitative estimate of drug-likeness (QED) is 0.827. The van der Waals surface area contributed by atoms with Crippen molar-refractivity contribution in [3.05, 3.63) is 51.8 Å². The van der Waals surface area contributed by atoms with Crippen LogP contribution in [0.3, 0.4) is 0 Å². The first-order chi connectivity index (χ1) is 10.7. The summed E-state index contributed by atoms with van der Waals surface area (Å²) in [6, 6.07) is 3.22. The molecule has 4 nitrogen and oxygen atoms in total. The van der Waals surface area contributed by atoms with E-state index in [1.54, 1.807) is 6.92 Å². The predicted octanol–water partition coefficient (Wildman–Crippen LogP) is 4.01. The highest BCUT2D eigenvalue weighted by molar-refractivity contribution is 6.31. The molecule has 0 fully saturated rings. The molecule has 0 spiro atoms. The zero-order valence-corrected chi connectivity index (χ0v) is 12.7. The maximum Gasteiger partial charge on any atom is 0.417 e. The average molecular weight is 345 g/mol. The first-order valence-corrected chi connectivity index (χ1v) is 6.81. The van der Waals surface area contributed by atoms with Gasteiger partial charge in [-0.15, -0.1) is 0 Å². The van der Waals surface area contributed by atoms with Crippen LogP contribution in [0.5, 0.6) is 5.75 Å². The van der Waals surface area contributed by atoms with Crippen LogP contribution >= 0.6 is 11.6 Å². The lowest BCUT2D eigenvalue weighted by Gasteiger charge is -2.09. The van der Waals surface area contributed by atoms with E-state index in [-0.39, 0.29) is 17.0 Å². The van der Waals surface area contributed by atoms with E-state index >= 15 is 0 Å². The van der Waals surface area contributed by atoms with Crippen LogP contribution in [0.25, 0.3) is 0 Å². The molecule has 1 aromatic carbocycles. The van der Waals surface area contributed by atoms with Gasteiger partial charge >= 0.3 is 6.18 Å². The van der Waals surface area contributed by atoms with E-state index in [1.807, 2.05) is 0 Å². The molecule has 122 valence electrons. The molecule has 0 radical (unpaired) electrons. The number of rotatable bonds is 3. The zero-order chi connectivity index (χ0) is 17.2. The van der Waals surface area contributed by atoms with Gasteiger partial charge in [-0.2, -0.15) is 13.2 Å². The van der Waals surface area contributed by atoms with E-state index in [4.69, 9.17) is 11.6 Å². The Kier molecular flexibility index (Phi) is 4.91. The summed E-state index contributed by atoms with van der Waals surface area (Å²) in [6.45, 7) is 1.16. The van der Waals surface area contributed by atoms with Crippen molar-refractivity contribution in [2.75, 3.05) is 0 Å². The average Bonchev–Trinajstić information content (AvgIpc) is 2.49. The molecule has 23 heavy (non-hydrogen) atoms. The van der Waals surface area contributed by atoms with Crippen LogP contribution in [0.15, 0.2) is 29.4 Å². The number of aryl methyl sites for hydroxylation is 1. The van der Waals surface area contributed by atoms with Crippen molar-refractivity contribution < 1.29 is 23.4 Å². The number of nitrogens with zero attached hydrogens (tertiary/aromatic N) is 2. The van der Waals surface area contributed by atoms with Crippen molar-refractivity contribution in [1.82, 2.24) is 4.98 Å². The molecule has 0 bridgehead atoms. The van der Waals surface area contributed by atoms with Gasteiger partial charge in [0.1, 0.15) is 5.75 Å². The Bertz CT molecular complexity index is 761. The fourth-order valence-electron chi connectivity index (χ4n) is 1.87. The summed E-state index contributed by atoms with van der Waals surface area (Å²) in [5.74, 6) is -0.190. The van der Waals surface area contributed by atoms with E-state index < -0.39 is 23.4 Å². The zero-order valence-electron chi connectivity index (χ0n) is 11.9. The molecule has 2 N–H and O–H groups in total. The number of hydrogen-bond acceptors (Lipinski definition) is 4. The van der Waals surface area contributed by atoms with E-state index in [1.165, 1.54) is 18.5 Å². The van der Waals surface area contributed by atoms with Gasteiger partial charge in [-0.3, -0.25) is 9.98 Å². The number of aliphatic imine (C=N–C) groups is 1. The summed E-state index contributed by atoms with van der Waals surface area (Å²) in [7, 11) is 0. The Hall–Kier alpha value is -2.12. The Balaban J connectivity index is 2.44. The Morgan fingerprint density at radius 1 is 1.35 bits per heavy atom. The fraction of sp³-hybridized carbons (Fsp3) is 0.200. The molecular formula is C15H12ClF3N2O2. The molecule has 1 heterocycles. The molecule has 0 unspecified atom stereocenters. The number of hydrogen-bond donors (Lipinski definition) is 2. The van der Waals surface area contributed by atoms with E-state index in [9.17, 15) is 23.4 Å². The minimum atomic E-state index is -4.59. The molecule has 8 heteroatoms. The predicted molar refractivity (Wildman–Crippen MR) is 80.3 cm³/mol. The minimum absolute atomic E-state index is 0.0134. The molecule has 2 rings (SSSR count). The maximum absolute atomic E-state index is 12.8. The van der Waals surface area contributed by atoms with Gasteiger partial charge in [-0.05, 0) is 25.1 Å². The normalized spacial score (nSPS) is 12.1. The SMILES string of the molecule is Cc1ncc(CO)c(C=Nc2ccc(Cl)c(C(F)(F)F)c2)c1O. The topological polar surface area (TPSA) is 65.7 Å². The molecule has 0 saturated heterocycles. The van der Waals surface area contributed by atoms with Gasteiger partial charge in [0.2, 0.25) is 0 Å². The number of aromatic hydroxyl groups is 1. The van der Waals surface area contributed by atoms with Crippen LogP contribution in [0.1, 0.15) is 22.4 Å². The molecule has 2 aromatic rings. The summed E-state index contributed by atoms with van der Waals surface area (Å²) in [4.78, 5) is 7.81. The number of aliphatic hydroxyl groups excluding tert-OH is 1. The molecule has 0 amide bonds. The third kappa shape index (κ3) is 3.80. The van der Waals surface area contributed by atoms with Crippen LogP contribution in [0.2, 0.25) is 5.02 Å². The second-order valence-electron chi connectivity index (χ2n) is 4.71. The summed E-state index contributed by atoms with van der Waals surface area (Å²) >= 11 is 5.54. The summed E-state index contributed by atoms with van der Waals surface area (Å²) in [5.41, 5.74) is -0.160. The smallest absolute Gasteiger partial charge is 0.417 e. The van der Waals surface area contributed by atoms with Crippen molar-refractivity contribution in [2.45, 2.75) is 19.7 Å². The molecular weight excluding hydrogens is 333 g/mol.